The van der Waals surface area contributed by atoms with Crippen molar-refractivity contribution in [2.45, 2.75) is 24.9 Å². The summed E-state index contributed by atoms with van der Waals surface area (Å²) in [6.07, 6.45) is 0. The van der Waals surface area contributed by atoms with E-state index in [4.69, 9.17) is 11.6 Å². The van der Waals surface area contributed by atoms with Crippen LogP contribution in [0.3, 0.4) is 0 Å². The highest BCUT2D eigenvalue weighted by atomic mass is 35.5. The number of nitrogens with one attached hydrogen (secondary N) is 1. The van der Waals surface area contributed by atoms with Gasteiger partial charge in [0.25, 0.3) is 5.56 Å². The second-order valence-electron chi connectivity index (χ2n) is 6.51. The topological polar surface area (TPSA) is 56.0 Å². The van der Waals surface area contributed by atoms with E-state index in [1.54, 1.807) is 16.4 Å². The van der Waals surface area contributed by atoms with Crippen molar-refractivity contribution >= 4 is 35.0 Å². The van der Waals surface area contributed by atoms with Crippen LogP contribution in [-0.4, -0.2) is 20.5 Å². The van der Waals surface area contributed by atoms with Gasteiger partial charge in [0, 0.05) is 17.8 Å². The summed E-state index contributed by atoms with van der Waals surface area (Å²) in [7, 11) is 1.80. The van der Waals surface area contributed by atoms with Gasteiger partial charge in [0.1, 0.15) is 5.69 Å². The number of carbonyl (C=O) groups is 1. The molecule has 1 aromatic heterocycles. The molecule has 0 aliphatic rings. The van der Waals surface area contributed by atoms with Crippen molar-refractivity contribution in [3.05, 3.63) is 81.2 Å². The minimum Gasteiger partial charge on any atom is -0.319 e. The number of carbonyl (C=O) groups excluding carboxylic acids is 1. The summed E-state index contributed by atoms with van der Waals surface area (Å²) in [6, 6.07) is 16.9. The number of halogens is 1. The summed E-state index contributed by atoms with van der Waals surface area (Å²) < 4.78 is 3.30. The van der Waals surface area contributed by atoms with Crippen LogP contribution < -0.4 is 10.9 Å². The maximum atomic E-state index is 12.9. The Morgan fingerprint density at radius 1 is 1.14 bits per heavy atom. The number of rotatable bonds is 6. The van der Waals surface area contributed by atoms with Crippen molar-refractivity contribution in [1.29, 1.82) is 0 Å². The third-order valence-corrected chi connectivity index (χ3v) is 6.05. The number of benzene rings is 2. The van der Waals surface area contributed by atoms with Gasteiger partial charge in [-0.15, -0.1) is 11.8 Å². The molecule has 1 atom stereocenters. The van der Waals surface area contributed by atoms with Gasteiger partial charge in [-0.1, -0.05) is 41.9 Å². The van der Waals surface area contributed by atoms with Crippen molar-refractivity contribution in [2.24, 2.45) is 7.05 Å². The molecule has 0 fully saturated rings. The fraction of sp³-hybridized carbons (Fsp3) is 0.238. The molecule has 1 heterocycles. The fourth-order valence-corrected chi connectivity index (χ4v) is 3.79. The number of hydrogen-bond acceptors (Lipinski definition) is 3. The lowest BCUT2D eigenvalue weighted by Gasteiger charge is -2.11. The molecule has 0 saturated heterocycles. The summed E-state index contributed by atoms with van der Waals surface area (Å²) >= 11 is 7.41. The number of aromatic nitrogens is 2. The van der Waals surface area contributed by atoms with Crippen LogP contribution in [0.5, 0.6) is 0 Å². The Hall–Kier alpha value is -2.44. The lowest BCUT2D eigenvalue weighted by molar-refractivity contribution is -0.115. The molecule has 0 saturated carbocycles. The van der Waals surface area contributed by atoms with Crippen molar-refractivity contribution in [3.8, 4) is 5.69 Å². The molecule has 0 radical (unpaired) electrons. The fourth-order valence-electron chi connectivity index (χ4n) is 2.81. The maximum Gasteiger partial charge on any atom is 0.295 e. The average Bonchev–Trinajstić information content (AvgIpc) is 2.91. The normalized spacial score (nSPS) is 12.0. The molecule has 0 aliphatic heterocycles. The Morgan fingerprint density at radius 3 is 2.43 bits per heavy atom. The first kappa shape index (κ1) is 20.3. The van der Waals surface area contributed by atoms with E-state index in [2.05, 4.69) is 5.32 Å². The van der Waals surface area contributed by atoms with Gasteiger partial charge in [0.05, 0.1) is 16.6 Å². The molecule has 1 amide bonds. The van der Waals surface area contributed by atoms with Gasteiger partial charge in [-0.25, -0.2) is 4.68 Å². The quantitative estimate of drug-likeness (QED) is 0.649. The minimum atomic E-state index is -0.306. The number of anilines is 1. The molecule has 7 heteroatoms. The Kier molecular flexibility index (Phi) is 6.31. The summed E-state index contributed by atoms with van der Waals surface area (Å²) in [5.74, 6) is 0.498. The van der Waals surface area contributed by atoms with Gasteiger partial charge in [0.15, 0.2) is 0 Å². The predicted molar refractivity (Wildman–Crippen MR) is 117 cm³/mol. The van der Waals surface area contributed by atoms with Crippen LogP contribution >= 0.6 is 23.4 Å². The van der Waals surface area contributed by atoms with E-state index < -0.39 is 0 Å². The van der Waals surface area contributed by atoms with Crippen molar-refractivity contribution in [3.63, 3.8) is 0 Å². The lowest BCUT2D eigenvalue weighted by atomic mass is 10.2. The van der Waals surface area contributed by atoms with Crippen LogP contribution in [0.25, 0.3) is 5.69 Å². The smallest absolute Gasteiger partial charge is 0.295 e. The first-order chi connectivity index (χ1) is 13.4. The van der Waals surface area contributed by atoms with Crippen molar-refractivity contribution in [1.82, 2.24) is 9.36 Å². The SMILES string of the molecule is Cc1c(NC(=O)[C@H](C)SCc2ccc(Cl)cc2)c(=O)n(-c2ccccc2)n1C. The van der Waals surface area contributed by atoms with E-state index in [1.165, 1.54) is 11.8 Å². The van der Waals surface area contributed by atoms with Crippen LogP contribution in [0.4, 0.5) is 5.69 Å². The minimum absolute atomic E-state index is 0.190. The highest BCUT2D eigenvalue weighted by molar-refractivity contribution is 7.99. The van der Waals surface area contributed by atoms with Crippen LogP contribution in [0.15, 0.2) is 59.4 Å². The molecule has 2 aromatic carbocycles. The maximum absolute atomic E-state index is 12.9. The molecule has 3 rings (SSSR count). The molecule has 146 valence electrons. The van der Waals surface area contributed by atoms with Crippen LogP contribution in [-0.2, 0) is 17.6 Å². The third kappa shape index (κ3) is 4.34. The zero-order valence-electron chi connectivity index (χ0n) is 16.0. The first-order valence-electron chi connectivity index (χ1n) is 8.89. The van der Waals surface area contributed by atoms with Gasteiger partial charge in [-0.05, 0) is 43.7 Å². The Balaban J connectivity index is 1.73. The highest BCUT2D eigenvalue weighted by Crippen LogP contribution is 2.21. The average molecular weight is 416 g/mol. The molecule has 28 heavy (non-hydrogen) atoms. The Morgan fingerprint density at radius 2 is 1.79 bits per heavy atom. The zero-order chi connectivity index (χ0) is 20.3. The summed E-state index contributed by atoms with van der Waals surface area (Å²) in [5, 5.41) is 3.20. The molecule has 0 bridgehead atoms. The summed E-state index contributed by atoms with van der Waals surface area (Å²) in [6.45, 7) is 3.66. The van der Waals surface area contributed by atoms with E-state index in [0.29, 0.717) is 22.2 Å². The molecular weight excluding hydrogens is 394 g/mol. The van der Waals surface area contributed by atoms with E-state index in [-0.39, 0.29) is 16.7 Å². The largest absolute Gasteiger partial charge is 0.319 e. The number of para-hydroxylation sites is 1. The monoisotopic (exact) mass is 415 g/mol. The van der Waals surface area contributed by atoms with Gasteiger partial charge in [0.2, 0.25) is 5.91 Å². The molecule has 1 N–H and O–H groups in total. The summed E-state index contributed by atoms with van der Waals surface area (Å²) in [5.41, 5.74) is 2.63. The van der Waals surface area contributed by atoms with Gasteiger partial charge < -0.3 is 5.32 Å². The molecule has 5 nitrogen and oxygen atoms in total. The Labute approximate surface area is 173 Å². The van der Waals surface area contributed by atoms with E-state index in [0.717, 1.165) is 11.3 Å². The van der Waals surface area contributed by atoms with Crippen LogP contribution in [0, 0.1) is 6.92 Å². The van der Waals surface area contributed by atoms with E-state index >= 15 is 0 Å². The lowest BCUT2D eigenvalue weighted by Crippen LogP contribution is -2.27. The van der Waals surface area contributed by atoms with Crippen molar-refractivity contribution < 1.29 is 4.79 Å². The molecular formula is C21H22ClN3O2S. The highest BCUT2D eigenvalue weighted by Gasteiger charge is 2.21. The van der Waals surface area contributed by atoms with Gasteiger partial charge in [-0.2, -0.15) is 0 Å². The molecule has 0 aliphatic carbocycles. The first-order valence-corrected chi connectivity index (χ1v) is 10.3. The number of amides is 1. The molecule has 0 unspecified atom stereocenters. The zero-order valence-corrected chi connectivity index (χ0v) is 17.6. The van der Waals surface area contributed by atoms with E-state index in [1.807, 2.05) is 68.4 Å². The summed E-state index contributed by atoms with van der Waals surface area (Å²) in [4.78, 5) is 25.5. The second kappa shape index (κ2) is 8.71. The van der Waals surface area contributed by atoms with Crippen LogP contribution in [0.1, 0.15) is 18.2 Å². The number of hydrogen-bond donors (Lipinski definition) is 1. The van der Waals surface area contributed by atoms with Crippen LogP contribution in [0.2, 0.25) is 5.02 Å². The predicted octanol–water partition coefficient (Wildman–Crippen LogP) is 4.40. The third-order valence-electron chi connectivity index (χ3n) is 4.58. The molecule has 0 spiro atoms. The second-order valence-corrected chi connectivity index (χ2v) is 8.27. The Bertz CT molecular complexity index is 1030. The standard InChI is InChI=1S/C21H22ClN3O2S/c1-14-19(21(27)25(24(14)3)18-7-5-4-6-8-18)23-20(26)15(2)28-13-16-9-11-17(22)12-10-16/h4-12,15H,13H2,1-3H3,(H,23,26)/t15-/m0/s1. The van der Waals surface area contributed by atoms with E-state index in [9.17, 15) is 9.59 Å². The van der Waals surface area contributed by atoms with Gasteiger partial charge in [-0.3, -0.25) is 14.3 Å². The molecule has 3 aromatic rings. The number of nitrogens with zero attached hydrogens (tertiary/aromatic N) is 2. The van der Waals surface area contributed by atoms with Gasteiger partial charge >= 0.3 is 0 Å². The van der Waals surface area contributed by atoms with Crippen molar-refractivity contribution in [2.75, 3.05) is 5.32 Å². The number of thioether (sulfide) groups is 1.